The second-order valence-electron chi connectivity index (χ2n) is 10.9. The van der Waals surface area contributed by atoms with Crippen molar-refractivity contribution in [2.24, 2.45) is 0 Å². The fourth-order valence-electron chi connectivity index (χ4n) is 5.20. The second-order valence-corrected chi connectivity index (χ2v) is 10.9. The van der Waals surface area contributed by atoms with Gasteiger partial charge in [0.25, 0.3) is 0 Å². The highest BCUT2D eigenvalue weighted by Gasteiger charge is 2.43. The number of aryl methyl sites for hydroxylation is 4. The van der Waals surface area contributed by atoms with Gasteiger partial charge in [0, 0.05) is 24.2 Å². The molecule has 4 unspecified atom stereocenters. The fourth-order valence-corrected chi connectivity index (χ4v) is 5.20. The van der Waals surface area contributed by atoms with E-state index < -0.39 is 0 Å². The van der Waals surface area contributed by atoms with E-state index in [-0.39, 0.29) is 36.2 Å². The number of benzene rings is 2. The van der Waals surface area contributed by atoms with Crippen molar-refractivity contribution in [3.05, 3.63) is 93.1 Å². The predicted octanol–water partition coefficient (Wildman–Crippen LogP) is 4.90. The molecule has 2 saturated heterocycles. The lowest BCUT2D eigenvalue weighted by atomic mass is 9.91. The van der Waals surface area contributed by atoms with Gasteiger partial charge in [-0.15, -0.1) is 0 Å². The highest BCUT2D eigenvalue weighted by atomic mass is 16.6. The molecule has 0 aromatic heterocycles. The molecule has 0 aliphatic carbocycles. The Labute approximate surface area is 231 Å². The minimum atomic E-state index is -0.244. The Hall–Kier alpha value is -3.26. The fraction of sp³-hybridized carbons (Fsp3) is 0.438. The SMILES string of the molecule is C=C(C)C(=O)NCc1cc(C)c(C(OC(c2c(C)cc(CNC(=O)C(=C)C)cc2C)C2CO2)C2CO2)c(C)c1. The Morgan fingerprint density at radius 3 is 1.33 bits per heavy atom. The molecule has 0 radical (unpaired) electrons. The molecule has 0 saturated carbocycles. The lowest BCUT2D eigenvalue weighted by Crippen LogP contribution is -2.24. The summed E-state index contributed by atoms with van der Waals surface area (Å²) >= 11 is 0. The van der Waals surface area contributed by atoms with Crippen molar-refractivity contribution in [1.29, 1.82) is 0 Å². The Balaban J connectivity index is 1.58. The van der Waals surface area contributed by atoms with Crippen molar-refractivity contribution in [3.8, 4) is 0 Å². The van der Waals surface area contributed by atoms with Crippen molar-refractivity contribution < 1.29 is 23.8 Å². The van der Waals surface area contributed by atoms with Gasteiger partial charge in [-0.05, 0) is 86.1 Å². The molecule has 7 nitrogen and oxygen atoms in total. The van der Waals surface area contributed by atoms with E-state index >= 15 is 0 Å². The zero-order valence-electron chi connectivity index (χ0n) is 23.9. The molecule has 2 N–H and O–H groups in total. The van der Waals surface area contributed by atoms with Crippen molar-refractivity contribution in [3.63, 3.8) is 0 Å². The summed E-state index contributed by atoms with van der Waals surface area (Å²) in [7, 11) is 0. The first-order valence-electron chi connectivity index (χ1n) is 13.4. The van der Waals surface area contributed by atoms with E-state index in [9.17, 15) is 9.59 Å². The highest BCUT2D eigenvalue weighted by molar-refractivity contribution is 5.92. The van der Waals surface area contributed by atoms with Gasteiger partial charge < -0.3 is 24.8 Å². The van der Waals surface area contributed by atoms with Gasteiger partial charge in [0.2, 0.25) is 11.8 Å². The first-order valence-corrected chi connectivity index (χ1v) is 13.4. The maximum Gasteiger partial charge on any atom is 0.246 e. The topological polar surface area (TPSA) is 92.5 Å². The summed E-state index contributed by atoms with van der Waals surface area (Å²) in [5, 5.41) is 5.83. The van der Waals surface area contributed by atoms with E-state index in [2.05, 4.69) is 75.8 Å². The number of hydrogen-bond donors (Lipinski definition) is 2. The second kappa shape index (κ2) is 11.9. The molecule has 2 amide bonds. The van der Waals surface area contributed by atoms with E-state index in [0.29, 0.717) is 37.4 Å². The third-order valence-corrected chi connectivity index (χ3v) is 7.24. The zero-order chi connectivity index (χ0) is 28.4. The average molecular weight is 533 g/mol. The summed E-state index contributed by atoms with van der Waals surface area (Å²) in [6.45, 7) is 21.3. The van der Waals surface area contributed by atoms with Gasteiger partial charge in [-0.2, -0.15) is 0 Å². The molecule has 2 aliphatic heterocycles. The summed E-state index contributed by atoms with van der Waals surface area (Å²) in [6.07, 6.45) is -0.525. The van der Waals surface area contributed by atoms with Gasteiger partial charge in [-0.1, -0.05) is 37.4 Å². The van der Waals surface area contributed by atoms with Gasteiger partial charge in [0.05, 0.1) is 13.2 Å². The molecule has 4 rings (SSSR count). The number of amides is 2. The standard InChI is InChI=1S/C32H40N2O5/c1-17(2)31(35)33-13-23-9-19(5)27(20(6)10-23)29(25-15-37-25)39-30(26-16-38-26)28-21(7)11-24(12-22(28)8)14-34-32(36)18(3)4/h9-12,25-26,29-30H,1,3,13-16H2,2,4-8H3,(H,33,35)(H,34,36). The van der Waals surface area contributed by atoms with Crippen molar-refractivity contribution >= 4 is 11.8 Å². The van der Waals surface area contributed by atoms with Crippen LogP contribution in [0.2, 0.25) is 0 Å². The molecule has 39 heavy (non-hydrogen) atoms. The van der Waals surface area contributed by atoms with Crippen LogP contribution in [0.5, 0.6) is 0 Å². The van der Waals surface area contributed by atoms with Crippen LogP contribution in [-0.4, -0.2) is 37.2 Å². The number of carbonyl (C=O) groups excluding carboxylic acids is 2. The first-order chi connectivity index (χ1) is 18.5. The Morgan fingerprint density at radius 1 is 0.769 bits per heavy atom. The van der Waals surface area contributed by atoms with Gasteiger partial charge in [0.15, 0.2) is 0 Å². The normalized spacial score (nSPS) is 19.1. The van der Waals surface area contributed by atoms with Gasteiger partial charge in [-0.3, -0.25) is 9.59 Å². The summed E-state index contributed by atoms with van der Waals surface area (Å²) in [4.78, 5) is 23.9. The number of ether oxygens (including phenoxy) is 3. The van der Waals surface area contributed by atoms with E-state index in [1.165, 1.54) is 0 Å². The molecule has 2 aromatic carbocycles. The number of carbonyl (C=O) groups is 2. The van der Waals surface area contributed by atoms with E-state index in [1.807, 2.05) is 0 Å². The first kappa shape index (κ1) is 28.7. The molecule has 0 bridgehead atoms. The summed E-state index contributed by atoms with van der Waals surface area (Å²) in [6, 6.07) is 8.42. The quantitative estimate of drug-likeness (QED) is 0.300. The average Bonchev–Trinajstić information content (AvgIpc) is 3.77. The molecule has 4 atom stereocenters. The van der Waals surface area contributed by atoms with Crippen LogP contribution in [0.1, 0.15) is 70.6 Å². The summed E-state index contributed by atoms with van der Waals surface area (Å²) in [5.74, 6) is -0.298. The van der Waals surface area contributed by atoms with Crippen molar-refractivity contribution in [1.82, 2.24) is 10.6 Å². The van der Waals surface area contributed by atoms with Crippen LogP contribution in [0.25, 0.3) is 0 Å². The number of hydrogen-bond acceptors (Lipinski definition) is 5. The van der Waals surface area contributed by atoms with Crippen LogP contribution >= 0.6 is 0 Å². The molecule has 2 aromatic rings. The molecular formula is C32H40N2O5. The monoisotopic (exact) mass is 532 g/mol. The largest absolute Gasteiger partial charge is 0.370 e. The molecule has 208 valence electrons. The van der Waals surface area contributed by atoms with Gasteiger partial charge in [-0.25, -0.2) is 0 Å². The van der Waals surface area contributed by atoms with Crippen LogP contribution in [0, 0.1) is 27.7 Å². The molecule has 0 spiro atoms. The number of epoxide rings is 2. The Kier molecular flexibility index (Phi) is 8.74. The molecule has 2 heterocycles. The lowest BCUT2D eigenvalue weighted by Gasteiger charge is -2.28. The maximum atomic E-state index is 12.0. The third kappa shape index (κ3) is 7.04. The lowest BCUT2D eigenvalue weighted by molar-refractivity contribution is -0.118. The number of rotatable bonds is 12. The minimum absolute atomic E-state index is 0.0186. The predicted molar refractivity (Wildman–Crippen MR) is 151 cm³/mol. The van der Waals surface area contributed by atoms with Crippen LogP contribution in [0.4, 0.5) is 0 Å². The molecular weight excluding hydrogens is 492 g/mol. The van der Waals surface area contributed by atoms with Crippen molar-refractivity contribution in [2.75, 3.05) is 13.2 Å². The Bertz CT molecular complexity index is 1160. The minimum Gasteiger partial charge on any atom is -0.370 e. The van der Waals surface area contributed by atoms with Crippen molar-refractivity contribution in [2.45, 2.75) is 79.0 Å². The maximum absolute atomic E-state index is 12.0. The third-order valence-electron chi connectivity index (χ3n) is 7.24. The van der Waals surface area contributed by atoms with Gasteiger partial charge >= 0.3 is 0 Å². The number of nitrogens with one attached hydrogen (secondary N) is 2. The van der Waals surface area contributed by atoms with E-state index in [4.69, 9.17) is 14.2 Å². The summed E-state index contributed by atoms with van der Waals surface area (Å²) in [5.41, 5.74) is 9.67. The van der Waals surface area contributed by atoms with Crippen LogP contribution in [-0.2, 0) is 36.9 Å². The Morgan fingerprint density at radius 2 is 1.08 bits per heavy atom. The molecule has 2 fully saturated rings. The smallest absolute Gasteiger partial charge is 0.246 e. The highest BCUT2D eigenvalue weighted by Crippen LogP contribution is 2.44. The van der Waals surface area contributed by atoms with E-state index in [1.54, 1.807) is 13.8 Å². The van der Waals surface area contributed by atoms with Crippen LogP contribution < -0.4 is 10.6 Å². The van der Waals surface area contributed by atoms with Gasteiger partial charge in [0.1, 0.15) is 24.4 Å². The summed E-state index contributed by atoms with van der Waals surface area (Å²) < 4.78 is 18.5. The van der Waals surface area contributed by atoms with E-state index in [0.717, 1.165) is 44.5 Å². The van der Waals surface area contributed by atoms with Crippen LogP contribution in [0.3, 0.4) is 0 Å². The van der Waals surface area contributed by atoms with Crippen LogP contribution in [0.15, 0.2) is 48.6 Å². The molecule has 2 aliphatic rings. The molecule has 7 heteroatoms. The zero-order valence-corrected chi connectivity index (χ0v) is 23.9.